The Hall–Kier alpha value is -2.81. The number of nitriles is 1. The number of anilines is 2. The molecular weight excluding hydrogens is 337 g/mol. The van der Waals surface area contributed by atoms with E-state index in [1.54, 1.807) is 0 Å². The molecule has 0 aliphatic rings. The molecule has 0 saturated carbocycles. The van der Waals surface area contributed by atoms with Gasteiger partial charge in [-0.2, -0.15) is 23.4 Å². The van der Waals surface area contributed by atoms with Crippen LogP contribution in [0.3, 0.4) is 0 Å². The molecule has 0 aliphatic heterocycles. The number of sulfone groups is 1. The molecule has 0 aliphatic carbocycles. The van der Waals surface area contributed by atoms with E-state index in [1.165, 1.54) is 12.1 Å². The van der Waals surface area contributed by atoms with Crippen molar-refractivity contribution in [2.45, 2.75) is 16.9 Å². The lowest BCUT2D eigenvalue weighted by Gasteiger charge is -2.11. The van der Waals surface area contributed by atoms with Crippen LogP contribution in [0.4, 0.5) is 24.8 Å². The van der Waals surface area contributed by atoms with Crippen LogP contribution in [0, 0.1) is 11.3 Å². The van der Waals surface area contributed by atoms with E-state index < -0.39 is 25.8 Å². The van der Waals surface area contributed by atoms with Crippen LogP contribution < -0.4 is 11.1 Å². The third kappa shape index (κ3) is 3.34. The zero-order chi connectivity index (χ0) is 17.3. The summed E-state index contributed by atoms with van der Waals surface area (Å²) in [4.78, 5) is 2.65. The van der Waals surface area contributed by atoms with Gasteiger partial charge in [0.25, 0.3) is 9.84 Å². The summed E-state index contributed by atoms with van der Waals surface area (Å²) in [6, 6.07) is 4.42. The minimum atomic E-state index is -5.64. The number of nitrogens with one attached hydrogen (secondary N) is 2. The topological polar surface area (TPSA) is 138 Å². The quantitative estimate of drug-likeness (QED) is 0.755. The number of nitrogen functional groups attached to an aromatic ring is 1. The van der Waals surface area contributed by atoms with Crippen molar-refractivity contribution in [3.63, 3.8) is 0 Å². The van der Waals surface area contributed by atoms with Crippen LogP contribution >= 0.6 is 0 Å². The van der Waals surface area contributed by atoms with E-state index in [-0.39, 0.29) is 18.2 Å². The number of hydrogen-bond acceptors (Lipinski definition) is 7. The first-order chi connectivity index (χ1) is 10.6. The maximum atomic E-state index is 12.7. The van der Waals surface area contributed by atoms with Gasteiger partial charge in [-0.15, -0.1) is 5.10 Å². The van der Waals surface area contributed by atoms with Gasteiger partial charge in [0.1, 0.15) is 11.9 Å². The van der Waals surface area contributed by atoms with Gasteiger partial charge in [-0.05, 0) is 18.2 Å². The van der Waals surface area contributed by atoms with Crippen LogP contribution in [0.5, 0.6) is 0 Å². The first-order valence-corrected chi connectivity index (χ1v) is 7.39. The number of aromatic nitrogens is 3. The highest BCUT2D eigenvalue weighted by atomic mass is 32.2. The molecule has 0 amide bonds. The molecule has 0 unspecified atom stereocenters. The van der Waals surface area contributed by atoms with E-state index in [9.17, 15) is 21.6 Å². The molecule has 0 fully saturated rings. The van der Waals surface area contributed by atoms with E-state index in [2.05, 4.69) is 20.5 Å². The van der Waals surface area contributed by atoms with Gasteiger partial charge in [0.2, 0.25) is 5.95 Å². The predicted molar refractivity (Wildman–Crippen MR) is 72.5 cm³/mol. The van der Waals surface area contributed by atoms with E-state index in [4.69, 9.17) is 11.0 Å². The second-order valence-electron chi connectivity index (χ2n) is 4.27. The number of nitrogens with zero attached hydrogens (tertiary/aromatic N) is 3. The maximum absolute atomic E-state index is 12.7. The Morgan fingerprint density at radius 3 is 2.61 bits per heavy atom. The summed E-state index contributed by atoms with van der Waals surface area (Å²) in [7, 11) is -5.64. The third-order valence-corrected chi connectivity index (χ3v) is 4.23. The first kappa shape index (κ1) is 16.6. The molecule has 0 spiro atoms. The van der Waals surface area contributed by atoms with Crippen LogP contribution in [-0.4, -0.2) is 29.1 Å². The Bertz CT molecular complexity index is 869. The Balaban J connectivity index is 2.34. The number of halogens is 3. The molecule has 1 aromatic heterocycles. The van der Waals surface area contributed by atoms with Crippen molar-refractivity contribution in [3.05, 3.63) is 29.6 Å². The van der Waals surface area contributed by atoms with E-state index in [1.807, 2.05) is 0 Å². The van der Waals surface area contributed by atoms with E-state index >= 15 is 0 Å². The number of rotatable bonds is 4. The Morgan fingerprint density at radius 1 is 1.39 bits per heavy atom. The summed E-state index contributed by atoms with van der Waals surface area (Å²) < 4.78 is 61.0. The lowest BCUT2D eigenvalue weighted by Crippen LogP contribution is -2.24. The van der Waals surface area contributed by atoms with Crippen LogP contribution in [0.15, 0.2) is 23.1 Å². The summed E-state index contributed by atoms with van der Waals surface area (Å²) >= 11 is 0. The SMILES string of the molecule is N#Cc1ccc(NCc2nc(N)n[nH]2)cc1S(=O)(=O)C(F)(F)F. The van der Waals surface area contributed by atoms with E-state index in [0.29, 0.717) is 5.82 Å². The maximum Gasteiger partial charge on any atom is 0.501 e. The number of aromatic amines is 1. The molecule has 4 N–H and O–H groups in total. The molecule has 0 bridgehead atoms. The molecule has 1 heterocycles. The number of hydrogen-bond donors (Lipinski definition) is 3. The standard InChI is InChI=1S/C11H9F3N6O2S/c12-11(13,14)23(21,22)8-3-7(2-1-6(8)4-15)17-5-9-18-10(16)20-19-9/h1-3,17H,5H2,(H3,16,18,19,20). The second-order valence-corrected chi connectivity index (χ2v) is 6.18. The van der Waals surface area contributed by atoms with Gasteiger partial charge in [0.05, 0.1) is 17.0 Å². The summed E-state index contributed by atoms with van der Waals surface area (Å²) in [5, 5.41) is 17.5. The van der Waals surface area contributed by atoms with Crippen LogP contribution in [0.1, 0.15) is 11.4 Å². The van der Waals surface area contributed by atoms with Crippen molar-refractivity contribution >= 4 is 21.5 Å². The lowest BCUT2D eigenvalue weighted by atomic mass is 10.2. The van der Waals surface area contributed by atoms with Gasteiger partial charge >= 0.3 is 5.51 Å². The van der Waals surface area contributed by atoms with Crippen LogP contribution in [0.2, 0.25) is 0 Å². The molecule has 1 aromatic carbocycles. The van der Waals surface area contributed by atoms with Crippen molar-refractivity contribution in [1.82, 2.24) is 15.2 Å². The fraction of sp³-hybridized carbons (Fsp3) is 0.182. The zero-order valence-electron chi connectivity index (χ0n) is 11.2. The largest absolute Gasteiger partial charge is 0.501 e. The van der Waals surface area contributed by atoms with Gasteiger partial charge in [-0.3, -0.25) is 5.10 Å². The molecule has 0 atom stereocenters. The average Bonchev–Trinajstić information content (AvgIpc) is 2.89. The van der Waals surface area contributed by atoms with Crippen molar-refractivity contribution in [3.8, 4) is 6.07 Å². The van der Waals surface area contributed by atoms with Gasteiger partial charge in [0, 0.05) is 5.69 Å². The van der Waals surface area contributed by atoms with Gasteiger partial charge < -0.3 is 11.1 Å². The summed E-state index contributed by atoms with van der Waals surface area (Å²) in [5.41, 5.74) is -0.753. The minimum Gasteiger partial charge on any atom is -0.378 e. The fourth-order valence-electron chi connectivity index (χ4n) is 1.65. The Morgan fingerprint density at radius 2 is 2.09 bits per heavy atom. The highest BCUT2D eigenvalue weighted by molar-refractivity contribution is 7.92. The number of benzene rings is 1. The van der Waals surface area contributed by atoms with Crippen molar-refractivity contribution < 1.29 is 21.6 Å². The summed E-state index contributed by atoms with van der Waals surface area (Å²) in [5.74, 6) is 0.286. The number of nitrogens with two attached hydrogens (primary N) is 1. The van der Waals surface area contributed by atoms with Gasteiger partial charge in [0.15, 0.2) is 0 Å². The minimum absolute atomic E-state index is 0.0121. The monoisotopic (exact) mass is 346 g/mol. The van der Waals surface area contributed by atoms with E-state index in [0.717, 1.165) is 12.1 Å². The predicted octanol–water partition coefficient (Wildman–Crippen LogP) is 1.16. The van der Waals surface area contributed by atoms with Crippen molar-refractivity contribution in [1.29, 1.82) is 5.26 Å². The van der Waals surface area contributed by atoms with Gasteiger partial charge in [-0.25, -0.2) is 8.42 Å². The highest BCUT2D eigenvalue weighted by Gasteiger charge is 2.48. The molecule has 12 heteroatoms. The molecule has 23 heavy (non-hydrogen) atoms. The molecule has 2 aromatic rings. The Labute approximate surface area is 128 Å². The van der Waals surface area contributed by atoms with Gasteiger partial charge in [-0.1, -0.05) is 0 Å². The summed E-state index contributed by atoms with van der Waals surface area (Å²) in [6.07, 6.45) is 0. The van der Waals surface area contributed by atoms with Crippen molar-refractivity contribution in [2.75, 3.05) is 11.1 Å². The molecule has 122 valence electrons. The fourth-order valence-corrected chi connectivity index (χ4v) is 2.58. The summed E-state index contributed by atoms with van der Waals surface area (Å²) in [6.45, 7) is 0.0155. The first-order valence-electron chi connectivity index (χ1n) is 5.91. The smallest absolute Gasteiger partial charge is 0.378 e. The zero-order valence-corrected chi connectivity index (χ0v) is 12.0. The molecule has 0 saturated heterocycles. The molecule has 0 radical (unpaired) electrons. The highest BCUT2D eigenvalue weighted by Crippen LogP contribution is 2.33. The second kappa shape index (κ2) is 5.76. The van der Waals surface area contributed by atoms with Crippen molar-refractivity contribution in [2.24, 2.45) is 0 Å². The lowest BCUT2D eigenvalue weighted by molar-refractivity contribution is -0.0436. The molecule has 2 rings (SSSR count). The average molecular weight is 346 g/mol. The third-order valence-electron chi connectivity index (χ3n) is 2.71. The molecule has 8 nitrogen and oxygen atoms in total. The normalized spacial score (nSPS) is 11.9. The number of alkyl halides is 3. The number of H-pyrrole nitrogens is 1. The molecular formula is C11H9F3N6O2S. The Kier molecular flexibility index (Phi) is 4.15. The van der Waals surface area contributed by atoms with Crippen LogP contribution in [0.25, 0.3) is 0 Å². The van der Waals surface area contributed by atoms with Crippen LogP contribution in [-0.2, 0) is 16.4 Å².